The van der Waals surface area contributed by atoms with Crippen LogP contribution in [-0.4, -0.2) is 50.4 Å². The largest absolute Gasteiger partial charge is 0.368 e. The Morgan fingerprint density at radius 3 is 2.36 bits per heavy atom. The third kappa shape index (κ3) is 6.17. The summed E-state index contributed by atoms with van der Waals surface area (Å²) in [4.78, 5) is 36.6. The number of nitrogens with one attached hydrogen (secondary N) is 2. The van der Waals surface area contributed by atoms with Crippen molar-refractivity contribution < 1.29 is 9.59 Å². The monoisotopic (exact) mass is 522 g/mol. The van der Waals surface area contributed by atoms with Crippen LogP contribution in [0.15, 0.2) is 79.5 Å². The summed E-state index contributed by atoms with van der Waals surface area (Å²) in [7, 11) is 0. The summed E-state index contributed by atoms with van der Waals surface area (Å²) >= 11 is 0. The fourth-order valence-corrected chi connectivity index (χ4v) is 4.92. The first-order valence-corrected chi connectivity index (χ1v) is 13.4. The number of amides is 2. The first-order valence-electron chi connectivity index (χ1n) is 13.4. The molecule has 0 aliphatic carbocycles. The van der Waals surface area contributed by atoms with Crippen LogP contribution < -0.4 is 10.6 Å². The van der Waals surface area contributed by atoms with Gasteiger partial charge in [0.15, 0.2) is 0 Å². The van der Waals surface area contributed by atoms with E-state index >= 15 is 0 Å². The van der Waals surface area contributed by atoms with Gasteiger partial charge in [-0.1, -0.05) is 18.2 Å². The minimum absolute atomic E-state index is 0.00909. The molecule has 4 aromatic rings. The lowest BCUT2D eigenvalue weighted by Gasteiger charge is -2.32. The van der Waals surface area contributed by atoms with E-state index in [-0.39, 0.29) is 17.9 Å². The Labute approximate surface area is 229 Å². The lowest BCUT2D eigenvalue weighted by molar-refractivity contribution is 0.0712. The molecule has 0 radical (unpaired) electrons. The number of carbonyl (C=O) groups excluding carboxylic acids is 2. The molecule has 1 aliphatic heterocycles. The van der Waals surface area contributed by atoms with E-state index in [1.807, 2.05) is 48.6 Å². The average Bonchev–Trinajstić information content (AvgIpc) is 3.49. The van der Waals surface area contributed by atoms with Crippen molar-refractivity contribution in [3.63, 3.8) is 0 Å². The van der Waals surface area contributed by atoms with E-state index in [4.69, 9.17) is 0 Å². The number of benzene rings is 2. The van der Waals surface area contributed by atoms with Gasteiger partial charge in [-0.25, -0.2) is 9.97 Å². The Bertz CT molecular complexity index is 1420. The van der Waals surface area contributed by atoms with Crippen LogP contribution in [0.25, 0.3) is 5.69 Å². The van der Waals surface area contributed by atoms with Gasteiger partial charge in [0.1, 0.15) is 5.82 Å². The number of pyridine rings is 1. The van der Waals surface area contributed by atoms with Gasteiger partial charge >= 0.3 is 0 Å². The van der Waals surface area contributed by atoms with Gasteiger partial charge in [-0.15, -0.1) is 0 Å². The molecule has 2 aromatic carbocycles. The summed E-state index contributed by atoms with van der Waals surface area (Å²) in [6, 6.07) is 17.9. The minimum Gasteiger partial charge on any atom is -0.368 e. The van der Waals surface area contributed by atoms with Gasteiger partial charge in [-0.2, -0.15) is 0 Å². The molecule has 5 rings (SSSR count). The van der Waals surface area contributed by atoms with Gasteiger partial charge < -0.3 is 20.1 Å². The Hall–Kier alpha value is -4.46. The zero-order valence-electron chi connectivity index (χ0n) is 22.6. The molecule has 0 spiro atoms. The molecule has 8 nitrogen and oxygen atoms in total. The van der Waals surface area contributed by atoms with Crippen LogP contribution in [-0.2, 0) is 0 Å². The summed E-state index contributed by atoms with van der Waals surface area (Å²) in [6.45, 7) is 7.38. The molecule has 0 bridgehead atoms. The van der Waals surface area contributed by atoms with E-state index in [0.717, 1.165) is 29.9 Å². The zero-order chi connectivity index (χ0) is 27.4. The van der Waals surface area contributed by atoms with Crippen LogP contribution in [0.1, 0.15) is 64.4 Å². The SMILES string of the molecule is Cc1ccc(C(=O)N2CCC(c3ccc(-n4ccnc4)cc3)CC2)cc1NC(=O)c1ccc(NC(C)C)nc1. The van der Waals surface area contributed by atoms with E-state index in [2.05, 4.69) is 44.9 Å². The Balaban J connectivity index is 1.20. The summed E-state index contributed by atoms with van der Waals surface area (Å²) < 4.78 is 1.99. The molecule has 0 saturated carbocycles. The van der Waals surface area contributed by atoms with Gasteiger partial charge in [0, 0.05) is 54.7 Å². The summed E-state index contributed by atoms with van der Waals surface area (Å²) in [5, 5.41) is 6.16. The zero-order valence-corrected chi connectivity index (χ0v) is 22.6. The van der Waals surface area contributed by atoms with E-state index < -0.39 is 0 Å². The highest BCUT2D eigenvalue weighted by Gasteiger charge is 2.25. The number of nitrogens with zero attached hydrogens (tertiary/aromatic N) is 4. The number of hydrogen-bond acceptors (Lipinski definition) is 5. The lowest BCUT2D eigenvalue weighted by atomic mass is 9.89. The third-order valence-electron chi connectivity index (χ3n) is 7.14. The van der Waals surface area contributed by atoms with Crippen LogP contribution in [0.3, 0.4) is 0 Å². The van der Waals surface area contributed by atoms with Crippen molar-refractivity contribution >= 4 is 23.3 Å². The molecule has 200 valence electrons. The van der Waals surface area contributed by atoms with E-state index in [1.54, 1.807) is 36.9 Å². The molecular formula is C31H34N6O2. The maximum absolute atomic E-state index is 13.4. The highest BCUT2D eigenvalue weighted by atomic mass is 16.2. The Morgan fingerprint density at radius 1 is 0.974 bits per heavy atom. The van der Waals surface area contributed by atoms with Gasteiger partial charge in [-0.3, -0.25) is 9.59 Å². The molecule has 8 heteroatoms. The standard InChI is InChI=1S/C31H34N6O2/c1-21(2)34-29-11-8-26(19-33-29)30(38)35-28-18-25(5-4-22(28)3)31(39)36-15-12-24(13-16-36)23-6-9-27(10-7-23)37-17-14-32-20-37/h4-11,14,17-21,24H,12-13,15-16H2,1-3H3,(H,33,34)(H,35,38). The van der Waals surface area contributed by atoms with Gasteiger partial charge in [0.2, 0.25) is 0 Å². The Kier molecular flexibility index (Phi) is 7.72. The maximum atomic E-state index is 13.4. The highest BCUT2D eigenvalue weighted by molar-refractivity contribution is 6.05. The van der Waals surface area contributed by atoms with Crippen molar-refractivity contribution in [2.24, 2.45) is 0 Å². The second-order valence-electron chi connectivity index (χ2n) is 10.3. The number of imidazole rings is 1. The quantitative estimate of drug-likeness (QED) is 0.326. The summed E-state index contributed by atoms with van der Waals surface area (Å²) in [5.74, 6) is 0.881. The lowest BCUT2D eigenvalue weighted by Crippen LogP contribution is -2.38. The van der Waals surface area contributed by atoms with Crippen molar-refractivity contribution in [2.75, 3.05) is 23.7 Å². The van der Waals surface area contributed by atoms with Gasteiger partial charge in [-0.05, 0) is 87.1 Å². The van der Waals surface area contributed by atoms with E-state index in [9.17, 15) is 9.59 Å². The second kappa shape index (κ2) is 11.5. The van der Waals surface area contributed by atoms with Crippen molar-refractivity contribution in [1.29, 1.82) is 0 Å². The number of rotatable bonds is 7. The van der Waals surface area contributed by atoms with Crippen molar-refractivity contribution in [3.8, 4) is 5.69 Å². The number of anilines is 2. The van der Waals surface area contributed by atoms with Crippen LogP contribution in [0.5, 0.6) is 0 Å². The molecule has 0 unspecified atom stereocenters. The van der Waals surface area contributed by atoms with Crippen LogP contribution in [0, 0.1) is 6.92 Å². The molecule has 1 saturated heterocycles. The molecule has 1 fully saturated rings. The first kappa shape index (κ1) is 26.2. The number of aromatic nitrogens is 3. The fourth-order valence-electron chi connectivity index (χ4n) is 4.92. The molecule has 3 heterocycles. The van der Waals surface area contributed by atoms with Crippen molar-refractivity contribution in [2.45, 2.75) is 45.6 Å². The molecule has 0 atom stereocenters. The van der Waals surface area contributed by atoms with Gasteiger partial charge in [0.25, 0.3) is 11.8 Å². The molecule has 39 heavy (non-hydrogen) atoms. The van der Waals surface area contributed by atoms with E-state index in [0.29, 0.717) is 35.8 Å². The topological polar surface area (TPSA) is 92.2 Å². The van der Waals surface area contributed by atoms with Crippen molar-refractivity contribution in [3.05, 3.63) is 102 Å². The molecule has 2 amide bonds. The van der Waals surface area contributed by atoms with Crippen molar-refractivity contribution in [1.82, 2.24) is 19.4 Å². The normalized spacial score (nSPS) is 13.9. The molecular weight excluding hydrogens is 488 g/mol. The predicted molar refractivity (Wildman–Crippen MR) is 154 cm³/mol. The number of aryl methyl sites for hydroxylation is 1. The summed E-state index contributed by atoms with van der Waals surface area (Å²) in [6.07, 6.45) is 8.88. The van der Waals surface area contributed by atoms with Crippen LogP contribution in [0.4, 0.5) is 11.5 Å². The summed E-state index contributed by atoms with van der Waals surface area (Å²) in [5.41, 5.74) is 4.94. The number of carbonyl (C=O) groups is 2. The highest BCUT2D eigenvalue weighted by Crippen LogP contribution is 2.30. The Morgan fingerprint density at radius 2 is 1.72 bits per heavy atom. The minimum atomic E-state index is -0.258. The van der Waals surface area contributed by atoms with Gasteiger partial charge in [0.05, 0.1) is 11.9 Å². The number of likely N-dealkylation sites (tertiary alicyclic amines) is 1. The molecule has 2 N–H and O–H groups in total. The maximum Gasteiger partial charge on any atom is 0.257 e. The fraction of sp³-hybridized carbons (Fsp3) is 0.290. The second-order valence-corrected chi connectivity index (χ2v) is 10.3. The third-order valence-corrected chi connectivity index (χ3v) is 7.14. The smallest absolute Gasteiger partial charge is 0.257 e. The van der Waals surface area contributed by atoms with Crippen LogP contribution >= 0.6 is 0 Å². The molecule has 1 aliphatic rings. The number of hydrogen-bond donors (Lipinski definition) is 2. The molecule has 2 aromatic heterocycles. The average molecular weight is 523 g/mol. The number of piperidine rings is 1. The van der Waals surface area contributed by atoms with Crippen LogP contribution in [0.2, 0.25) is 0 Å². The predicted octanol–water partition coefficient (Wildman–Crippen LogP) is 5.67. The van der Waals surface area contributed by atoms with E-state index in [1.165, 1.54) is 5.56 Å². The first-order chi connectivity index (χ1) is 18.9.